The summed E-state index contributed by atoms with van der Waals surface area (Å²) in [5, 5.41) is 0. The summed E-state index contributed by atoms with van der Waals surface area (Å²) in [5.74, 6) is 0.739. The Kier molecular flexibility index (Phi) is 4.77. The number of carbonyl (C=O) groups excluding carboxylic acids is 2. The Balaban J connectivity index is 2.27. The van der Waals surface area contributed by atoms with Crippen molar-refractivity contribution in [2.24, 2.45) is 0 Å². The van der Waals surface area contributed by atoms with Gasteiger partial charge < -0.3 is 9.64 Å². The number of ketones is 1. The molecule has 1 amide bonds. The van der Waals surface area contributed by atoms with Crippen LogP contribution >= 0.6 is 0 Å². The number of benzene rings is 1. The van der Waals surface area contributed by atoms with E-state index < -0.39 is 0 Å². The van der Waals surface area contributed by atoms with E-state index in [4.69, 9.17) is 4.74 Å². The summed E-state index contributed by atoms with van der Waals surface area (Å²) in [7, 11) is 0. The smallest absolute Gasteiger partial charge is 0.265 e. The third-order valence-corrected chi connectivity index (χ3v) is 3.53. The molecule has 1 aromatic carbocycles. The van der Waals surface area contributed by atoms with Crippen LogP contribution in [0.15, 0.2) is 18.2 Å². The van der Waals surface area contributed by atoms with Crippen LogP contribution in [0.4, 0.5) is 5.69 Å². The Morgan fingerprint density at radius 2 is 2.10 bits per heavy atom. The summed E-state index contributed by atoms with van der Waals surface area (Å²) in [5.41, 5.74) is 1.38. The Morgan fingerprint density at radius 1 is 1.30 bits per heavy atom. The topological polar surface area (TPSA) is 46.6 Å². The summed E-state index contributed by atoms with van der Waals surface area (Å²) in [6.07, 6.45) is 3.63. The van der Waals surface area contributed by atoms with Gasteiger partial charge in [-0.2, -0.15) is 0 Å². The average molecular weight is 275 g/mol. The molecule has 1 aliphatic rings. The van der Waals surface area contributed by atoms with Crippen LogP contribution in [-0.2, 0) is 4.79 Å². The second kappa shape index (κ2) is 6.55. The van der Waals surface area contributed by atoms with Crippen molar-refractivity contribution in [1.82, 2.24) is 0 Å². The third kappa shape index (κ3) is 3.00. The van der Waals surface area contributed by atoms with Gasteiger partial charge in [0.1, 0.15) is 5.75 Å². The molecule has 0 bridgehead atoms. The maximum absolute atomic E-state index is 12.0. The molecule has 0 spiro atoms. The van der Waals surface area contributed by atoms with E-state index in [1.165, 1.54) is 0 Å². The first-order valence-electron chi connectivity index (χ1n) is 7.27. The molecule has 2 rings (SSSR count). The number of hydrogen-bond donors (Lipinski definition) is 0. The predicted octanol–water partition coefficient (Wildman–Crippen LogP) is 3.19. The van der Waals surface area contributed by atoms with Crippen LogP contribution in [0.1, 0.15) is 49.9 Å². The molecule has 1 aliphatic heterocycles. The van der Waals surface area contributed by atoms with Gasteiger partial charge in [-0.05, 0) is 24.6 Å². The fourth-order valence-corrected chi connectivity index (χ4v) is 2.34. The molecule has 0 fully saturated rings. The molecule has 1 aromatic rings. The zero-order valence-corrected chi connectivity index (χ0v) is 12.1. The number of anilines is 1. The minimum Gasteiger partial charge on any atom is -0.482 e. The molecule has 0 saturated carbocycles. The summed E-state index contributed by atoms with van der Waals surface area (Å²) in [6, 6.07) is 5.34. The van der Waals surface area contributed by atoms with Gasteiger partial charge in [-0.25, -0.2) is 0 Å². The second-order valence-electron chi connectivity index (χ2n) is 5.00. The van der Waals surface area contributed by atoms with Crippen molar-refractivity contribution < 1.29 is 14.3 Å². The van der Waals surface area contributed by atoms with Gasteiger partial charge in [0.05, 0.1) is 5.69 Å². The van der Waals surface area contributed by atoms with Crippen LogP contribution in [0, 0.1) is 0 Å². The minimum absolute atomic E-state index is 0.0327. The van der Waals surface area contributed by atoms with E-state index in [9.17, 15) is 9.59 Å². The van der Waals surface area contributed by atoms with Gasteiger partial charge in [0.2, 0.25) is 0 Å². The Labute approximate surface area is 119 Å². The highest BCUT2D eigenvalue weighted by Gasteiger charge is 2.25. The van der Waals surface area contributed by atoms with Gasteiger partial charge in [0.25, 0.3) is 5.91 Å². The zero-order chi connectivity index (χ0) is 14.5. The van der Waals surface area contributed by atoms with E-state index in [2.05, 4.69) is 6.92 Å². The van der Waals surface area contributed by atoms with Crippen molar-refractivity contribution in [2.75, 3.05) is 18.1 Å². The minimum atomic E-state index is -0.0327. The molecule has 0 saturated heterocycles. The standard InChI is InChI=1S/C16H21NO3/c1-3-5-6-9-17-13-10-12(14(18)4-2)7-8-15(13)20-11-16(17)19/h7-8,10H,3-6,9,11H2,1-2H3. The largest absolute Gasteiger partial charge is 0.482 e. The Hall–Kier alpha value is -1.84. The van der Waals surface area contributed by atoms with E-state index in [0.717, 1.165) is 24.9 Å². The molecule has 20 heavy (non-hydrogen) atoms. The fraction of sp³-hybridized carbons (Fsp3) is 0.500. The Bertz CT molecular complexity index is 510. The molecule has 0 unspecified atom stereocenters. The third-order valence-electron chi connectivity index (χ3n) is 3.53. The molecular formula is C16H21NO3. The maximum Gasteiger partial charge on any atom is 0.265 e. The van der Waals surface area contributed by atoms with Crippen LogP contribution in [-0.4, -0.2) is 24.8 Å². The lowest BCUT2D eigenvalue weighted by Gasteiger charge is -2.29. The monoisotopic (exact) mass is 275 g/mol. The van der Waals surface area contributed by atoms with Gasteiger partial charge >= 0.3 is 0 Å². The predicted molar refractivity (Wildman–Crippen MR) is 78.4 cm³/mol. The van der Waals surface area contributed by atoms with Crippen molar-refractivity contribution in [3.05, 3.63) is 23.8 Å². The number of amides is 1. The van der Waals surface area contributed by atoms with Gasteiger partial charge in [0, 0.05) is 18.5 Å². The normalized spacial score (nSPS) is 13.9. The van der Waals surface area contributed by atoms with E-state index in [0.29, 0.717) is 24.3 Å². The van der Waals surface area contributed by atoms with Crippen molar-refractivity contribution in [2.45, 2.75) is 39.5 Å². The fourth-order valence-electron chi connectivity index (χ4n) is 2.34. The number of nitrogens with zero attached hydrogens (tertiary/aromatic N) is 1. The van der Waals surface area contributed by atoms with Gasteiger partial charge in [-0.15, -0.1) is 0 Å². The molecule has 108 valence electrons. The van der Waals surface area contributed by atoms with Crippen LogP contribution in [0.5, 0.6) is 5.75 Å². The molecule has 0 N–H and O–H groups in total. The van der Waals surface area contributed by atoms with Crippen LogP contribution in [0.2, 0.25) is 0 Å². The highest BCUT2D eigenvalue weighted by molar-refractivity contribution is 6.01. The van der Waals surface area contributed by atoms with Gasteiger partial charge in [-0.1, -0.05) is 26.7 Å². The van der Waals surface area contributed by atoms with Crippen molar-refractivity contribution in [1.29, 1.82) is 0 Å². The molecule has 4 heteroatoms. The first-order valence-corrected chi connectivity index (χ1v) is 7.27. The lowest BCUT2D eigenvalue weighted by molar-refractivity contribution is -0.121. The second-order valence-corrected chi connectivity index (χ2v) is 5.00. The molecule has 4 nitrogen and oxygen atoms in total. The zero-order valence-electron chi connectivity index (χ0n) is 12.1. The van der Waals surface area contributed by atoms with Crippen molar-refractivity contribution in [3.63, 3.8) is 0 Å². The van der Waals surface area contributed by atoms with Gasteiger partial charge in [-0.3, -0.25) is 9.59 Å². The maximum atomic E-state index is 12.0. The number of Topliss-reactive ketones (excluding diaryl/α,β-unsaturated/α-hetero) is 1. The Morgan fingerprint density at radius 3 is 2.80 bits per heavy atom. The van der Waals surface area contributed by atoms with E-state index in [-0.39, 0.29) is 18.3 Å². The summed E-state index contributed by atoms with van der Waals surface area (Å²) < 4.78 is 5.44. The molecule has 0 aromatic heterocycles. The van der Waals surface area contributed by atoms with Crippen LogP contribution < -0.4 is 9.64 Å². The SMILES string of the molecule is CCCCCN1C(=O)COc2ccc(C(=O)CC)cc21. The quantitative estimate of drug-likeness (QED) is 0.591. The van der Waals surface area contributed by atoms with Crippen LogP contribution in [0.25, 0.3) is 0 Å². The highest BCUT2D eigenvalue weighted by atomic mass is 16.5. The number of carbonyl (C=O) groups is 2. The number of rotatable bonds is 6. The summed E-state index contributed by atoms with van der Waals surface area (Å²) in [6.45, 7) is 4.74. The summed E-state index contributed by atoms with van der Waals surface area (Å²) in [4.78, 5) is 25.6. The lowest BCUT2D eigenvalue weighted by Crippen LogP contribution is -2.39. The number of fused-ring (bicyclic) bond motifs is 1. The molecule has 1 heterocycles. The van der Waals surface area contributed by atoms with E-state index >= 15 is 0 Å². The van der Waals surface area contributed by atoms with E-state index in [1.807, 2.05) is 6.92 Å². The number of ether oxygens (including phenoxy) is 1. The molecule has 0 atom stereocenters. The molecular weight excluding hydrogens is 254 g/mol. The lowest BCUT2D eigenvalue weighted by atomic mass is 10.1. The van der Waals surface area contributed by atoms with Crippen molar-refractivity contribution >= 4 is 17.4 Å². The first kappa shape index (κ1) is 14.6. The average Bonchev–Trinajstić information content (AvgIpc) is 2.48. The van der Waals surface area contributed by atoms with Crippen molar-refractivity contribution in [3.8, 4) is 5.75 Å². The highest BCUT2D eigenvalue weighted by Crippen LogP contribution is 2.33. The molecule has 0 aliphatic carbocycles. The number of unbranched alkanes of at least 4 members (excludes halogenated alkanes) is 2. The molecule has 0 radical (unpaired) electrons. The van der Waals surface area contributed by atoms with E-state index in [1.54, 1.807) is 23.1 Å². The van der Waals surface area contributed by atoms with Gasteiger partial charge in [0.15, 0.2) is 12.4 Å². The summed E-state index contributed by atoms with van der Waals surface area (Å²) >= 11 is 0. The van der Waals surface area contributed by atoms with Crippen LogP contribution in [0.3, 0.4) is 0 Å². The first-order chi connectivity index (χ1) is 9.67. The number of hydrogen-bond acceptors (Lipinski definition) is 3.